The van der Waals surface area contributed by atoms with Crippen molar-refractivity contribution in [2.75, 3.05) is 6.61 Å². The molecule has 3 aromatic rings. The van der Waals surface area contributed by atoms with Crippen molar-refractivity contribution in [1.29, 1.82) is 0 Å². The van der Waals surface area contributed by atoms with Gasteiger partial charge in [-0.15, -0.1) is 11.6 Å². The molecule has 108 valence electrons. The highest BCUT2D eigenvalue weighted by Crippen LogP contribution is 2.23. The van der Waals surface area contributed by atoms with Gasteiger partial charge in [0.2, 0.25) is 0 Å². The van der Waals surface area contributed by atoms with Crippen LogP contribution in [0.4, 0.5) is 0 Å². The largest absolute Gasteiger partial charge is 0.494 e. The lowest BCUT2D eigenvalue weighted by atomic mass is 10.3. The van der Waals surface area contributed by atoms with E-state index < -0.39 is 0 Å². The van der Waals surface area contributed by atoms with Crippen molar-refractivity contribution in [1.82, 2.24) is 14.5 Å². The van der Waals surface area contributed by atoms with E-state index in [9.17, 15) is 0 Å². The molecule has 0 N–H and O–H groups in total. The molecule has 0 bridgehead atoms. The van der Waals surface area contributed by atoms with Crippen LogP contribution in [0.3, 0.4) is 0 Å². The molecular formula is C16H16ClN3O. The third-order valence-electron chi connectivity index (χ3n) is 3.24. The van der Waals surface area contributed by atoms with E-state index in [4.69, 9.17) is 16.3 Å². The van der Waals surface area contributed by atoms with Gasteiger partial charge in [-0.3, -0.25) is 4.57 Å². The summed E-state index contributed by atoms with van der Waals surface area (Å²) in [5.74, 6) is 1.97. The fourth-order valence-corrected chi connectivity index (χ4v) is 2.50. The average molecular weight is 302 g/mol. The molecule has 0 amide bonds. The van der Waals surface area contributed by atoms with Crippen LogP contribution in [0.5, 0.6) is 5.75 Å². The molecule has 0 saturated carbocycles. The lowest BCUT2D eigenvalue weighted by Crippen LogP contribution is -2.01. The number of ether oxygens (including phenoxy) is 1. The lowest BCUT2D eigenvalue weighted by Gasteiger charge is -2.09. The number of benzene rings is 1. The number of aryl methyl sites for hydroxylation is 1. The van der Waals surface area contributed by atoms with Crippen LogP contribution in [-0.4, -0.2) is 21.1 Å². The molecule has 2 heterocycles. The minimum Gasteiger partial charge on any atom is -0.494 e. The molecule has 0 unspecified atom stereocenters. The van der Waals surface area contributed by atoms with E-state index in [1.807, 2.05) is 54.8 Å². The highest BCUT2D eigenvalue weighted by Gasteiger charge is 2.13. The first kappa shape index (κ1) is 13.9. The van der Waals surface area contributed by atoms with E-state index >= 15 is 0 Å². The molecule has 5 heteroatoms. The number of fused-ring (bicyclic) bond motifs is 1. The smallest absolute Gasteiger partial charge is 0.164 e. The summed E-state index contributed by atoms with van der Waals surface area (Å²) in [6.07, 6.45) is 0. The summed E-state index contributed by atoms with van der Waals surface area (Å²) in [4.78, 5) is 9.13. The van der Waals surface area contributed by atoms with E-state index in [0.29, 0.717) is 12.5 Å². The molecule has 3 rings (SSSR count). The van der Waals surface area contributed by atoms with Crippen LogP contribution in [0, 0.1) is 6.92 Å². The fourth-order valence-electron chi connectivity index (χ4n) is 2.32. The van der Waals surface area contributed by atoms with Crippen molar-refractivity contribution < 1.29 is 4.74 Å². The van der Waals surface area contributed by atoms with Crippen LogP contribution in [-0.2, 0) is 5.88 Å². The second-order valence-electron chi connectivity index (χ2n) is 4.72. The summed E-state index contributed by atoms with van der Waals surface area (Å²) >= 11 is 6.04. The molecule has 1 aromatic carbocycles. The van der Waals surface area contributed by atoms with Gasteiger partial charge in [0.1, 0.15) is 17.1 Å². The topological polar surface area (TPSA) is 39.9 Å². The first-order valence-corrected chi connectivity index (χ1v) is 7.40. The van der Waals surface area contributed by atoms with Crippen LogP contribution < -0.4 is 4.74 Å². The normalized spacial score (nSPS) is 11.0. The molecule has 0 saturated heterocycles. The number of nitrogens with zero attached hydrogens (tertiary/aromatic N) is 3. The van der Waals surface area contributed by atoms with Gasteiger partial charge in [0, 0.05) is 11.4 Å². The zero-order valence-electron chi connectivity index (χ0n) is 12.0. The van der Waals surface area contributed by atoms with Gasteiger partial charge < -0.3 is 4.74 Å². The number of halogens is 1. The molecule has 0 atom stereocenters. The Hall–Kier alpha value is -2.07. The third-order valence-corrected chi connectivity index (χ3v) is 3.48. The Morgan fingerprint density at radius 2 is 1.86 bits per heavy atom. The first-order chi connectivity index (χ1) is 10.2. The van der Waals surface area contributed by atoms with Gasteiger partial charge in [-0.2, -0.15) is 0 Å². The van der Waals surface area contributed by atoms with E-state index in [-0.39, 0.29) is 0 Å². The minimum atomic E-state index is 0.336. The fraction of sp³-hybridized carbons (Fsp3) is 0.250. The summed E-state index contributed by atoms with van der Waals surface area (Å²) in [5.41, 5.74) is 3.62. The van der Waals surface area contributed by atoms with Crippen LogP contribution in [0.25, 0.3) is 16.9 Å². The molecule has 0 spiro atoms. The second-order valence-corrected chi connectivity index (χ2v) is 4.99. The standard InChI is InChI=1S/C16H16ClN3O/c1-3-21-13-7-5-12(6-8-13)20-15(10-17)19-14-9-4-11(2)18-16(14)20/h4-9H,3,10H2,1-2H3. The van der Waals surface area contributed by atoms with Gasteiger partial charge >= 0.3 is 0 Å². The van der Waals surface area contributed by atoms with Crippen LogP contribution >= 0.6 is 11.6 Å². The average Bonchev–Trinajstić information content (AvgIpc) is 2.86. The number of imidazole rings is 1. The predicted molar refractivity (Wildman–Crippen MR) is 84.3 cm³/mol. The van der Waals surface area contributed by atoms with Crippen LogP contribution in [0.1, 0.15) is 18.4 Å². The van der Waals surface area contributed by atoms with Gasteiger partial charge in [-0.1, -0.05) is 0 Å². The van der Waals surface area contributed by atoms with Gasteiger partial charge in [-0.05, 0) is 50.2 Å². The molecule has 0 aliphatic carbocycles. The van der Waals surface area contributed by atoms with Crippen LogP contribution in [0.2, 0.25) is 0 Å². The maximum absolute atomic E-state index is 6.04. The zero-order valence-corrected chi connectivity index (χ0v) is 12.8. The highest BCUT2D eigenvalue weighted by molar-refractivity contribution is 6.16. The Morgan fingerprint density at radius 3 is 2.52 bits per heavy atom. The number of pyridine rings is 1. The minimum absolute atomic E-state index is 0.336. The summed E-state index contributed by atoms with van der Waals surface area (Å²) in [6, 6.07) is 11.8. The predicted octanol–water partition coefficient (Wildman–Crippen LogP) is 3.87. The number of aromatic nitrogens is 3. The SMILES string of the molecule is CCOc1ccc(-n2c(CCl)nc3ccc(C)nc32)cc1. The molecule has 0 radical (unpaired) electrons. The molecule has 0 aliphatic heterocycles. The Balaban J connectivity index is 2.15. The Bertz CT molecular complexity index is 765. The molecule has 21 heavy (non-hydrogen) atoms. The van der Waals surface area contributed by atoms with Crippen molar-refractivity contribution in [3.8, 4) is 11.4 Å². The van der Waals surface area contributed by atoms with Crippen molar-refractivity contribution in [2.24, 2.45) is 0 Å². The van der Waals surface area contributed by atoms with E-state index in [1.54, 1.807) is 0 Å². The zero-order chi connectivity index (χ0) is 14.8. The van der Waals surface area contributed by atoms with Gasteiger partial charge in [-0.25, -0.2) is 9.97 Å². The molecule has 4 nitrogen and oxygen atoms in total. The first-order valence-electron chi connectivity index (χ1n) is 6.87. The maximum Gasteiger partial charge on any atom is 0.164 e. The van der Waals surface area contributed by atoms with Gasteiger partial charge in [0.15, 0.2) is 5.65 Å². The van der Waals surface area contributed by atoms with E-state index in [1.165, 1.54) is 0 Å². The molecule has 0 aliphatic rings. The van der Waals surface area contributed by atoms with Crippen LogP contribution in [0.15, 0.2) is 36.4 Å². The van der Waals surface area contributed by atoms with Crippen molar-refractivity contribution in [3.63, 3.8) is 0 Å². The highest BCUT2D eigenvalue weighted by atomic mass is 35.5. The molecule has 0 fully saturated rings. The number of rotatable bonds is 4. The molecule has 2 aromatic heterocycles. The molecular weight excluding hydrogens is 286 g/mol. The number of alkyl halides is 1. The quantitative estimate of drug-likeness (QED) is 0.687. The third kappa shape index (κ3) is 2.59. The van der Waals surface area contributed by atoms with Crippen molar-refractivity contribution in [3.05, 3.63) is 47.9 Å². The summed E-state index contributed by atoms with van der Waals surface area (Å²) in [5, 5.41) is 0. The Labute approximate surface area is 128 Å². The maximum atomic E-state index is 6.04. The summed E-state index contributed by atoms with van der Waals surface area (Å²) in [7, 11) is 0. The lowest BCUT2D eigenvalue weighted by molar-refractivity contribution is 0.340. The number of hydrogen-bond donors (Lipinski definition) is 0. The van der Waals surface area contributed by atoms with E-state index in [2.05, 4.69) is 9.97 Å². The van der Waals surface area contributed by atoms with Gasteiger partial charge in [0.05, 0.1) is 12.5 Å². The monoisotopic (exact) mass is 301 g/mol. The Kier molecular flexibility index (Phi) is 3.80. The Morgan fingerprint density at radius 1 is 1.10 bits per heavy atom. The van der Waals surface area contributed by atoms with Crippen molar-refractivity contribution in [2.45, 2.75) is 19.7 Å². The second kappa shape index (κ2) is 5.74. The number of hydrogen-bond acceptors (Lipinski definition) is 3. The van der Waals surface area contributed by atoms with E-state index in [0.717, 1.165) is 34.1 Å². The van der Waals surface area contributed by atoms with Gasteiger partial charge in [0.25, 0.3) is 0 Å². The summed E-state index contributed by atoms with van der Waals surface area (Å²) in [6.45, 7) is 4.59. The van der Waals surface area contributed by atoms with Crippen molar-refractivity contribution >= 4 is 22.8 Å². The summed E-state index contributed by atoms with van der Waals surface area (Å²) < 4.78 is 7.47.